The van der Waals surface area contributed by atoms with E-state index in [1.54, 1.807) is 14.2 Å². The first-order valence-electron chi connectivity index (χ1n) is 13.8. The van der Waals surface area contributed by atoms with E-state index in [-0.39, 0.29) is 0 Å². The van der Waals surface area contributed by atoms with Gasteiger partial charge in [-0.2, -0.15) is 0 Å². The molecule has 4 rings (SSSR count). The summed E-state index contributed by atoms with van der Waals surface area (Å²) in [5, 5.41) is 9.39. The van der Waals surface area contributed by atoms with Gasteiger partial charge in [-0.1, -0.05) is 60.7 Å². The second-order valence-corrected chi connectivity index (χ2v) is 9.94. The molecule has 8 heteroatoms. The van der Waals surface area contributed by atoms with Gasteiger partial charge in [0.2, 0.25) is 0 Å². The highest BCUT2D eigenvalue weighted by Gasteiger charge is 2.18. The maximum Gasteiger partial charge on any atom is 0.320 e. The maximum atomic E-state index is 11.5. The minimum Gasteiger partial charge on any atom is -0.497 e. The fourth-order valence-electron chi connectivity index (χ4n) is 4.54. The molecule has 1 atom stereocenters. The van der Waals surface area contributed by atoms with Gasteiger partial charge in [-0.25, -0.2) is 0 Å². The number of hydrogen-bond acceptors (Lipinski definition) is 7. The van der Waals surface area contributed by atoms with Gasteiger partial charge in [0.25, 0.3) is 0 Å². The molecule has 0 bridgehead atoms. The van der Waals surface area contributed by atoms with E-state index in [1.807, 2.05) is 97.1 Å². The molecule has 4 aromatic rings. The Kier molecular flexibility index (Phi) is 11.2. The van der Waals surface area contributed by atoms with Gasteiger partial charge in [0.1, 0.15) is 42.3 Å². The van der Waals surface area contributed by atoms with E-state index in [9.17, 15) is 9.90 Å². The van der Waals surface area contributed by atoms with Crippen LogP contribution in [0.25, 0.3) is 0 Å². The smallest absolute Gasteiger partial charge is 0.320 e. The molecule has 8 nitrogen and oxygen atoms in total. The van der Waals surface area contributed by atoms with Crippen molar-refractivity contribution in [1.29, 1.82) is 0 Å². The van der Waals surface area contributed by atoms with E-state index in [0.717, 1.165) is 45.3 Å². The minimum absolute atomic E-state index is 0.301. The Hall–Kier alpha value is -4.53. The first kappa shape index (κ1) is 30.4. The first-order chi connectivity index (χ1) is 20.4. The molecule has 0 saturated heterocycles. The average Bonchev–Trinajstić information content (AvgIpc) is 3.02. The van der Waals surface area contributed by atoms with Crippen LogP contribution in [0, 0.1) is 0 Å². The van der Waals surface area contributed by atoms with Crippen LogP contribution in [0.15, 0.2) is 97.1 Å². The quantitative estimate of drug-likeness (QED) is 0.178. The van der Waals surface area contributed by atoms with Gasteiger partial charge in [0.05, 0.1) is 14.2 Å². The van der Waals surface area contributed by atoms with Crippen molar-refractivity contribution in [3.05, 3.63) is 119 Å². The van der Waals surface area contributed by atoms with E-state index in [0.29, 0.717) is 39.3 Å². The summed E-state index contributed by atoms with van der Waals surface area (Å²) in [4.78, 5) is 13.6. The Morgan fingerprint density at radius 3 is 1.67 bits per heavy atom. The Morgan fingerprint density at radius 1 is 0.738 bits per heavy atom. The van der Waals surface area contributed by atoms with Crippen LogP contribution in [0.1, 0.15) is 28.7 Å². The molecule has 0 aromatic heterocycles. The van der Waals surface area contributed by atoms with Crippen molar-refractivity contribution < 1.29 is 28.8 Å². The molecule has 4 aromatic carbocycles. The van der Waals surface area contributed by atoms with Crippen LogP contribution in [-0.4, -0.2) is 42.8 Å². The Morgan fingerprint density at radius 2 is 1.21 bits per heavy atom. The molecule has 42 heavy (non-hydrogen) atoms. The summed E-state index contributed by atoms with van der Waals surface area (Å²) in [6.45, 7) is 2.32. The summed E-state index contributed by atoms with van der Waals surface area (Å²) in [6, 6.07) is 30.4. The summed E-state index contributed by atoms with van der Waals surface area (Å²) < 4.78 is 23.1. The average molecular weight is 571 g/mol. The highest BCUT2D eigenvalue weighted by atomic mass is 16.5. The minimum atomic E-state index is -1.01. The van der Waals surface area contributed by atoms with Crippen molar-refractivity contribution in [2.75, 3.05) is 20.8 Å². The Labute approximate surface area is 247 Å². The van der Waals surface area contributed by atoms with Crippen molar-refractivity contribution >= 4 is 5.97 Å². The lowest BCUT2D eigenvalue weighted by Crippen LogP contribution is -2.35. The number of rotatable bonds is 16. The monoisotopic (exact) mass is 570 g/mol. The predicted octanol–water partition coefficient (Wildman–Crippen LogP) is 5.67. The molecular weight excluding hydrogens is 532 g/mol. The van der Waals surface area contributed by atoms with Crippen LogP contribution in [0.2, 0.25) is 0 Å². The van der Waals surface area contributed by atoms with Crippen LogP contribution < -0.4 is 24.7 Å². The third kappa shape index (κ3) is 8.99. The third-order valence-corrected chi connectivity index (χ3v) is 6.86. The van der Waals surface area contributed by atoms with Crippen LogP contribution in [-0.2, 0) is 31.1 Å². The number of para-hydroxylation sites is 2. The fourth-order valence-corrected chi connectivity index (χ4v) is 4.54. The summed E-state index contributed by atoms with van der Waals surface area (Å²) in [7, 11) is 3.28. The van der Waals surface area contributed by atoms with E-state index in [1.165, 1.54) is 0 Å². The molecule has 0 aliphatic heterocycles. The van der Waals surface area contributed by atoms with Crippen LogP contribution in [0.4, 0.5) is 0 Å². The number of methoxy groups -OCH3 is 2. The zero-order chi connectivity index (χ0) is 29.7. The van der Waals surface area contributed by atoms with Gasteiger partial charge in [-0.15, -0.1) is 0 Å². The molecule has 0 radical (unpaired) electrons. The van der Waals surface area contributed by atoms with Gasteiger partial charge in [0, 0.05) is 30.8 Å². The zero-order valence-corrected chi connectivity index (χ0v) is 24.1. The third-order valence-electron chi connectivity index (χ3n) is 6.86. The maximum absolute atomic E-state index is 11.5. The SMILES string of the molecule is COc1cccc(COc2ccccc2CN(CCC(N)C(=O)O)Cc2ccccc2OCc2cccc(OC)c2)c1. The second-order valence-electron chi connectivity index (χ2n) is 9.94. The van der Waals surface area contributed by atoms with E-state index >= 15 is 0 Å². The largest absolute Gasteiger partial charge is 0.497 e. The van der Waals surface area contributed by atoms with Crippen molar-refractivity contribution in [2.45, 2.75) is 38.8 Å². The lowest BCUT2D eigenvalue weighted by Gasteiger charge is -2.25. The molecule has 220 valence electrons. The molecule has 0 heterocycles. The number of ether oxygens (including phenoxy) is 4. The number of nitrogens with two attached hydrogens (primary N) is 1. The molecule has 0 saturated carbocycles. The van der Waals surface area contributed by atoms with Gasteiger partial charge in [-0.3, -0.25) is 9.69 Å². The predicted molar refractivity (Wildman–Crippen MR) is 162 cm³/mol. The summed E-state index contributed by atoms with van der Waals surface area (Å²) >= 11 is 0. The van der Waals surface area contributed by atoms with Gasteiger partial charge in [0.15, 0.2) is 0 Å². The van der Waals surface area contributed by atoms with Crippen molar-refractivity contribution in [2.24, 2.45) is 5.73 Å². The molecule has 1 unspecified atom stereocenters. The number of carboxylic acid groups (broad SMARTS) is 1. The normalized spacial score (nSPS) is 11.6. The number of carboxylic acids is 1. The summed E-state index contributed by atoms with van der Waals surface area (Å²) in [5.74, 6) is 2.06. The number of benzene rings is 4. The van der Waals surface area contributed by atoms with Crippen LogP contribution in [0.3, 0.4) is 0 Å². The standard InChI is InChI=1S/C34H38N2O6/c1-39-29-13-7-9-25(19-29)23-41-32-15-5-3-11-27(32)21-36(18-17-31(35)34(37)38)22-28-12-4-6-16-33(28)42-24-26-10-8-14-30(20-26)40-2/h3-16,19-20,31H,17-18,21-24,35H2,1-2H3,(H,37,38). The Bertz CT molecular complexity index is 1350. The highest BCUT2D eigenvalue weighted by molar-refractivity contribution is 5.73. The molecule has 0 aliphatic carbocycles. The van der Waals surface area contributed by atoms with Gasteiger partial charge in [-0.05, 0) is 53.9 Å². The van der Waals surface area contributed by atoms with Crippen molar-refractivity contribution in [1.82, 2.24) is 4.90 Å². The molecule has 0 spiro atoms. The number of carbonyl (C=O) groups is 1. The molecule has 0 aliphatic rings. The van der Waals surface area contributed by atoms with E-state index in [4.69, 9.17) is 24.7 Å². The van der Waals surface area contributed by atoms with Crippen molar-refractivity contribution in [3.63, 3.8) is 0 Å². The lowest BCUT2D eigenvalue weighted by molar-refractivity contribution is -0.138. The topological polar surface area (TPSA) is 103 Å². The van der Waals surface area contributed by atoms with Crippen LogP contribution in [0.5, 0.6) is 23.0 Å². The van der Waals surface area contributed by atoms with Gasteiger partial charge >= 0.3 is 5.97 Å². The highest BCUT2D eigenvalue weighted by Crippen LogP contribution is 2.26. The lowest BCUT2D eigenvalue weighted by atomic mass is 10.1. The van der Waals surface area contributed by atoms with Crippen LogP contribution >= 0.6 is 0 Å². The summed E-state index contributed by atoms with van der Waals surface area (Å²) in [6.07, 6.45) is 0.301. The number of aliphatic carboxylic acids is 1. The zero-order valence-electron chi connectivity index (χ0n) is 24.1. The molecule has 3 N–H and O–H groups in total. The first-order valence-corrected chi connectivity index (χ1v) is 13.8. The molecule has 0 amide bonds. The number of hydrogen-bond donors (Lipinski definition) is 2. The van der Waals surface area contributed by atoms with E-state index in [2.05, 4.69) is 4.90 Å². The second kappa shape index (κ2) is 15.5. The molecule has 0 fully saturated rings. The van der Waals surface area contributed by atoms with Gasteiger partial charge < -0.3 is 29.8 Å². The fraction of sp³-hybridized carbons (Fsp3) is 0.265. The summed E-state index contributed by atoms with van der Waals surface area (Å²) in [5.41, 5.74) is 9.85. The van der Waals surface area contributed by atoms with Crippen molar-refractivity contribution in [3.8, 4) is 23.0 Å². The number of nitrogens with zero attached hydrogens (tertiary/aromatic N) is 1. The van der Waals surface area contributed by atoms with E-state index < -0.39 is 12.0 Å². The molecular formula is C34H38N2O6. The Balaban J connectivity index is 1.51.